The Morgan fingerprint density at radius 2 is 1.79 bits per heavy atom. The minimum absolute atomic E-state index is 0.194. The maximum absolute atomic E-state index is 12.2. The molecule has 3 rings (SSSR count). The lowest BCUT2D eigenvalue weighted by molar-refractivity contribution is -0.125. The maximum Gasteiger partial charge on any atom is 0.318 e. The number of carbonyl (C=O) groups excluding carboxylic acids is 2. The second-order valence-corrected chi connectivity index (χ2v) is 6.12. The van der Waals surface area contributed by atoms with Gasteiger partial charge in [-0.25, -0.2) is 4.79 Å². The average Bonchev–Trinajstić information content (AvgIpc) is 2.60. The van der Waals surface area contributed by atoms with Crippen molar-refractivity contribution in [2.45, 2.75) is 25.4 Å². The third-order valence-electron chi connectivity index (χ3n) is 4.60. The van der Waals surface area contributed by atoms with Gasteiger partial charge >= 0.3 is 6.03 Å². The molecule has 2 atom stereocenters. The van der Waals surface area contributed by atoms with E-state index in [1.54, 1.807) is 6.92 Å². The largest absolute Gasteiger partial charge is 0.351 e. The van der Waals surface area contributed by atoms with Crippen molar-refractivity contribution >= 4 is 11.9 Å². The molecule has 0 spiro atoms. The second-order valence-electron chi connectivity index (χ2n) is 6.12. The summed E-state index contributed by atoms with van der Waals surface area (Å²) in [6.45, 7) is 3.19. The standard InChI is InChI=1S/C19H21N3O2/c1-13(18(23)21-19(20)24)22-11-15-9-5-6-10-16(15)17(12-22)14-7-3-2-4-8-14/h2-10,13,17H,11-12H2,1H3,(H3,20,21,23,24)/t13-,17-/m1/s1. The Balaban J connectivity index is 1.90. The summed E-state index contributed by atoms with van der Waals surface area (Å²) in [5.74, 6) is -0.173. The van der Waals surface area contributed by atoms with E-state index in [2.05, 4.69) is 34.5 Å². The number of nitrogens with two attached hydrogens (primary N) is 1. The predicted molar refractivity (Wildman–Crippen MR) is 92.3 cm³/mol. The molecule has 0 fully saturated rings. The van der Waals surface area contributed by atoms with Gasteiger partial charge < -0.3 is 5.73 Å². The van der Waals surface area contributed by atoms with Gasteiger partial charge in [0.1, 0.15) is 0 Å². The van der Waals surface area contributed by atoms with Gasteiger partial charge in [-0.15, -0.1) is 0 Å². The summed E-state index contributed by atoms with van der Waals surface area (Å²) in [5.41, 5.74) is 8.78. The highest BCUT2D eigenvalue weighted by Gasteiger charge is 2.31. The van der Waals surface area contributed by atoms with E-state index in [0.717, 1.165) is 0 Å². The number of benzene rings is 2. The summed E-state index contributed by atoms with van der Waals surface area (Å²) in [7, 11) is 0. The number of nitrogens with zero attached hydrogens (tertiary/aromatic N) is 1. The van der Waals surface area contributed by atoms with Crippen LogP contribution < -0.4 is 11.1 Å². The fraction of sp³-hybridized carbons (Fsp3) is 0.263. The van der Waals surface area contributed by atoms with Gasteiger partial charge in [-0.1, -0.05) is 54.6 Å². The fourth-order valence-corrected chi connectivity index (χ4v) is 3.29. The van der Waals surface area contributed by atoms with E-state index in [0.29, 0.717) is 13.1 Å². The van der Waals surface area contributed by atoms with E-state index in [1.165, 1.54) is 16.7 Å². The van der Waals surface area contributed by atoms with Crippen molar-refractivity contribution < 1.29 is 9.59 Å². The topological polar surface area (TPSA) is 75.4 Å². The Kier molecular flexibility index (Phi) is 4.62. The molecule has 124 valence electrons. The Bertz CT molecular complexity index is 745. The molecule has 0 saturated heterocycles. The van der Waals surface area contributed by atoms with Crippen LogP contribution in [0.15, 0.2) is 54.6 Å². The summed E-state index contributed by atoms with van der Waals surface area (Å²) in [4.78, 5) is 25.2. The third kappa shape index (κ3) is 3.31. The zero-order valence-corrected chi connectivity index (χ0v) is 13.6. The summed E-state index contributed by atoms with van der Waals surface area (Å²) in [6.07, 6.45) is 0. The molecule has 24 heavy (non-hydrogen) atoms. The molecule has 1 aliphatic rings. The molecule has 5 heteroatoms. The highest BCUT2D eigenvalue weighted by atomic mass is 16.2. The highest BCUT2D eigenvalue weighted by molar-refractivity contribution is 5.96. The van der Waals surface area contributed by atoms with Gasteiger partial charge in [0.2, 0.25) is 5.91 Å². The van der Waals surface area contributed by atoms with E-state index in [9.17, 15) is 9.59 Å². The lowest BCUT2D eigenvalue weighted by Crippen LogP contribution is -2.50. The normalized spacial score (nSPS) is 18.5. The molecular formula is C19H21N3O2. The van der Waals surface area contributed by atoms with Gasteiger partial charge in [0.05, 0.1) is 6.04 Å². The number of primary amides is 1. The Morgan fingerprint density at radius 3 is 2.50 bits per heavy atom. The van der Waals surface area contributed by atoms with Crippen LogP contribution in [0.25, 0.3) is 0 Å². The molecule has 3 amide bonds. The highest BCUT2D eigenvalue weighted by Crippen LogP contribution is 2.34. The molecular weight excluding hydrogens is 302 g/mol. The number of nitrogens with one attached hydrogen (secondary N) is 1. The minimum Gasteiger partial charge on any atom is -0.351 e. The van der Waals surface area contributed by atoms with E-state index in [4.69, 9.17) is 5.73 Å². The molecule has 2 aromatic carbocycles. The van der Waals surface area contributed by atoms with E-state index in [-0.39, 0.29) is 11.8 Å². The summed E-state index contributed by atoms with van der Waals surface area (Å²) in [6, 6.07) is 17.3. The van der Waals surface area contributed by atoms with Crippen LogP contribution in [0.5, 0.6) is 0 Å². The summed E-state index contributed by atoms with van der Waals surface area (Å²) < 4.78 is 0. The molecule has 0 aliphatic carbocycles. The van der Waals surface area contributed by atoms with E-state index >= 15 is 0 Å². The van der Waals surface area contributed by atoms with Crippen LogP contribution in [-0.2, 0) is 11.3 Å². The van der Waals surface area contributed by atoms with Crippen LogP contribution in [0.4, 0.5) is 4.79 Å². The zero-order chi connectivity index (χ0) is 17.1. The number of amides is 3. The van der Waals surface area contributed by atoms with Crippen LogP contribution >= 0.6 is 0 Å². The smallest absolute Gasteiger partial charge is 0.318 e. The van der Waals surface area contributed by atoms with Gasteiger partial charge in [0.15, 0.2) is 0 Å². The molecule has 0 saturated carbocycles. The van der Waals surface area contributed by atoms with Crippen molar-refractivity contribution in [1.82, 2.24) is 10.2 Å². The monoisotopic (exact) mass is 323 g/mol. The number of hydrogen-bond donors (Lipinski definition) is 2. The number of rotatable bonds is 3. The number of fused-ring (bicyclic) bond motifs is 1. The molecule has 1 aliphatic heterocycles. The molecule has 3 N–H and O–H groups in total. The van der Waals surface area contributed by atoms with Gasteiger partial charge in [-0.3, -0.25) is 15.0 Å². The second kappa shape index (κ2) is 6.84. The van der Waals surface area contributed by atoms with Crippen LogP contribution in [0.3, 0.4) is 0 Å². The number of imide groups is 1. The average molecular weight is 323 g/mol. The lowest BCUT2D eigenvalue weighted by Gasteiger charge is -2.37. The van der Waals surface area contributed by atoms with Crippen molar-refractivity contribution in [2.75, 3.05) is 6.54 Å². The first-order valence-corrected chi connectivity index (χ1v) is 8.03. The molecule has 0 unspecified atom stereocenters. The van der Waals surface area contributed by atoms with Crippen molar-refractivity contribution in [2.24, 2.45) is 5.73 Å². The van der Waals surface area contributed by atoms with Crippen LogP contribution in [-0.4, -0.2) is 29.4 Å². The van der Waals surface area contributed by atoms with Crippen LogP contribution in [0.1, 0.15) is 29.5 Å². The number of carbonyl (C=O) groups is 2. The van der Waals surface area contributed by atoms with Gasteiger partial charge in [0.25, 0.3) is 0 Å². The number of urea groups is 1. The third-order valence-corrected chi connectivity index (χ3v) is 4.60. The molecule has 0 radical (unpaired) electrons. The van der Waals surface area contributed by atoms with Crippen molar-refractivity contribution in [3.63, 3.8) is 0 Å². The maximum atomic E-state index is 12.2. The predicted octanol–water partition coefficient (Wildman–Crippen LogP) is 2.22. The molecule has 1 heterocycles. The van der Waals surface area contributed by atoms with E-state index in [1.807, 2.05) is 30.3 Å². The van der Waals surface area contributed by atoms with Gasteiger partial charge in [-0.05, 0) is 23.6 Å². The Morgan fingerprint density at radius 1 is 1.12 bits per heavy atom. The first-order valence-electron chi connectivity index (χ1n) is 8.03. The molecule has 0 aromatic heterocycles. The molecule has 2 aromatic rings. The van der Waals surface area contributed by atoms with Crippen LogP contribution in [0.2, 0.25) is 0 Å². The van der Waals surface area contributed by atoms with Crippen molar-refractivity contribution in [3.8, 4) is 0 Å². The summed E-state index contributed by atoms with van der Waals surface area (Å²) in [5, 5.41) is 2.18. The Hall–Kier alpha value is -2.66. The van der Waals surface area contributed by atoms with Gasteiger partial charge in [-0.2, -0.15) is 0 Å². The van der Waals surface area contributed by atoms with Crippen molar-refractivity contribution in [1.29, 1.82) is 0 Å². The number of hydrogen-bond acceptors (Lipinski definition) is 3. The van der Waals surface area contributed by atoms with Crippen molar-refractivity contribution in [3.05, 3.63) is 71.3 Å². The van der Waals surface area contributed by atoms with E-state index < -0.39 is 12.1 Å². The van der Waals surface area contributed by atoms with Crippen LogP contribution in [0, 0.1) is 0 Å². The fourth-order valence-electron chi connectivity index (χ4n) is 3.29. The first kappa shape index (κ1) is 16.2. The zero-order valence-electron chi connectivity index (χ0n) is 13.6. The van der Waals surface area contributed by atoms with Gasteiger partial charge in [0, 0.05) is 19.0 Å². The molecule has 0 bridgehead atoms. The molecule has 5 nitrogen and oxygen atoms in total. The first-order chi connectivity index (χ1) is 11.6. The quantitative estimate of drug-likeness (QED) is 0.909. The lowest BCUT2D eigenvalue weighted by atomic mass is 9.84. The SMILES string of the molecule is C[C@H](C(=O)NC(N)=O)N1Cc2ccccc2[C@@H](c2ccccc2)C1. The minimum atomic E-state index is -0.816. The summed E-state index contributed by atoms with van der Waals surface area (Å²) >= 11 is 0. The Labute approximate surface area is 141 Å².